The molecule has 1 N–H and O–H groups in total. The van der Waals surface area contributed by atoms with Gasteiger partial charge < -0.3 is 23.7 Å². The number of carboxylic acids is 1. The van der Waals surface area contributed by atoms with Crippen LogP contribution in [-0.2, 0) is 16.1 Å². The van der Waals surface area contributed by atoms with Gasteiger partial charge >= 0.3 is 12.1 Å². The molecule has 0 saturated carbocycles. The molecule has 31 heavy (non-hydrogen) atoms. The zero-order chi connectivity index (χ0) is 22.6. The zero-order valence-corrected chi connectivity index (χ0v) is 16.7. The number of halogens is 3. The largest absolute Gasteiger partial charge is 0.490 e. The summed E-state index contributed by atoms with van der Waals surface area (Å²) < 4.78 is 48.3. The second-order valence-corrected chi connectivity index (χ2v) is 7.33. The SMILES string of the molecule is Cc1cc(C(=O)N2C[C@@H]3CN(Cc4ccco4)CCO[C@@H]3C2)on1.O=C(O)C(F)(F)F. The summed E-state index contributed by atoms with van der Waals surface area (Å²) in [6, 6.07) is 5.57. The number of furan rings is 1. The molecule has 4 heterocycles. The third kappa shape index (κ3) is 6.07. The minimum absolute atomic E-state index is 0.0829. The molecule has 2 atom stereocenters. The van der Waals surface area contributed by atoms with Crippen LogP contribution < -0.4 is 0 Å². The summed E-state index contributed by atoms with van der Waals surface area (Å²) in [5.41, 5.74) is 0.715. The number of aryl methyl sites for hydroxylation is 1. The highest BCUT2D eigenvalue weighted by molar-refractivity contribution is 5.91. The lowest BCUT2D eigenvalue weighted by Gasteiger charge is -2.22. The first-order valence-corrected chi connectivity index (χ1v) is 9.52. The molecule has 4 rings (SSSR count). The quantitative estimate of drug-likeness (QED) is 0.766. The maximum Gasteiger partial charge on any atom is 0.490 e. The van der Waals surface area contributed by atoms with Crippen LogP contribution in [0, 0.1) is 12.8 Å². The van der Waals surface area contributed by atoms with Crippen LogP contribution in [0.15, 0.2) is 33.4 Å². The van der Waals surface area contributed by atoms with Crippen molar-refractivity contribution in [3.8, 4) is 0 Å². The highest BCUT2D eigenvalue weighted by Crippen LogP contribution is 2.26. The van der Waals surface area contributed by atoms with Gasteiger partial charge in [-0.1, -0.05) is 5.16 Å². The number of nitrogens with zero attached hydrogens (tertiary/aromatic N) is 3. The van der Waals surface area contributed by atoms with Gasteiger partial charge in [0, 0.05) is 38.2 Å². The molecule has 9 nitrogen and oxygen atoms in total. The van der Waals surface area contributed by atoms with Crippen molar-refractivity contribution in [2.24, 2.45) is 5.92 Å². The van der Waals surface area contributed by atoms with Gasteiger partial charge in [-0.2, -0.15) is 13.2 Å². The van der Waals surface area contributed by atoms with Gasteiger partial charge in [-0.25, -0.2) is 4.79 Å². The Kier molecular flexibility index (Phi) is 7.01. The van der Waals surface area contributed by atoms with Gasteiger partial charge in [-0.3, -0.25) is 9.69 Å². The van der Waals surface area contributed by atoms with Crippen molar-refractivity contribution in [2.45, 2.75) is 25.7 Å². The lowest BCUT2D eigenvalue weighted by molar-refractivity contribution is -0.192. The summed E-state index contributed by atoms with van der Waals surface area (Å²) in [7, 11) is 0. The van der Waals surface area contributed by atoms with E-state index in [0.717, 1.165) is 25.4 Å². The van der Waals surface area contributed by atoms with Crippen LogP contribution >= 0.6 is 0 Å². The van der Waals surface area contributed by atoms with Crippen LogP contribution in [0.25, 0.3) is 0 Å². The summed E-state index contributed by atoms with van der Waals surface area (Å²) in [6.45, 7) is 6.31. The number of rotatable bonds is 3. The number of carbonyl (C=O) groups excluding carboxylic acids is 1. The third-order valence-electron chi connectivity index (χ3n) is 4.94. The second-order valence-electron chi connectivity index (χ2n) is 7.33. The highest BCUT2D eigenvalue weighted by Gasteiger charge is 2.40. The van der Waals surface area contributed by atoms with Crippen LogP contribution in [0.5, 0.6) is 0 Å². The first-order valence-electron chi connectivity index (χ1n) is 9.52. The fraction of sp³-hybridized carbons (Fsp3) is 0.526. The van der Waals surface area contributed by atoms with Crippen molar-refractivity contribution >= 4 is 11.9 Å². The molecule has 1 amide bonds. The second kappa shape index (κ2) is 9.52. The average Bonchev–Trinajstić information content (AvgIpc) is 3.41. The van der Waals surface area contributed by atoms with Crippen molar-refractivity contribution in [2.75, 3.05) is 32.8 Å². The van der Waals surface area contributed by atoms with Gasteiger partial charge in [0.25, 0.3) is 5.91 Å². The van der Waals surface area contributed by atoms with E-state index in [2.05, 4.69) is 10.1 Å². The van der Waals surface area contributed by atoms with Crippen LogP contribution in [0.1, 0.15) is 22.0 Å². The summed E-state index contributed by atoms with van der Waals surface area (Å²) >= 11 is 0. The van der Waals surface area contributed by atoms with Crippen molar-refractivity contribution in [1.29, 1.82) is 0 Å². The van der Waals surface area contributed by atoms with Gasteiger partial charge in [-0.05, 0) is 19.1 Å². The molecule has 12 heteroatoms. The van der Waals surface area contributed by atoms with Crippen LogP contribution in [0.2, 0.25) is 0 Å². The summed E-state index contributed by atoms with van der Waals surface area (Å²) in [6.07, 6.45) is -3.30. The molecule has 0 aromatic carbocycles. The monoisotopic (exact) mass is 445 g/mol. The standard InChI is InChI=1S/C17H21N3O4.C2HF3O2/c1-12-7-15(24-18-12)17(21)20-9-13-8-19(4-6-23-16(13)11-20)10-14-3-2-5-22-14;3-2(4,5)1(6)7/h2-3,5,7,13,16H,4,6,8-11H2,1H3;(H,6,7)/t13-,16+;/m0./s1. The van der Waals surface area contributed by atoms with E-state index in [0.29, 0.717) is 37.1 Å². The smallest absolute Gasteiger partial charge is 0.475 e. The first-order chi connectivity index (χ1) is 14.6. The number of fused-ring (bicyclic) bond motifs is 1. The Morgan fingerprint density at radius 3 is 2.61 bits per heavy atom. The molecule has 2 saturated heterocycles. The van der Waals surface area contributed by atoms with Crippen LogP contribution in [0.3, 0.4) is 0 Å². The fourth-order valence-corrected chi connectivity index (χ4v) is 3.51. The molecular weight excluding hydrogens is 423 g/mol. The Labute approximate surface area is 175 Å². The molecule has 2 aromatic heterocycles. The van der Waals surface area contributed by atoms with Crippen molar-refractivity contribution in [1.82, 2.24) is 15.0 Å². The molecule has 0 aliphatic carbocycles. The van der Waals surface area contributed by atoms with Crippen molar-refractivity contribution < 1.29 is 41.5 Å². The Morgan fingerprint density at radius 2 is 2.03 bits per heavy atom. The lowest BCUT2D eigenvalue weighted by Crippen LogP contribution is -2.33. The highest BCUT2D eigenvalue weighted by atomic mass is 19.4. The van der Waals surface area contributed by atoms with E-state index < -0.39 is 12.1 Å². The predicted molar refractivity (Wildman–Crippen MR) is 98.0 cm³/mol. The topological polar surface area (TPSA) is 109 Å². The normalized spacial score (nSPS) is 21.7. The maximum absolute atomic E-state index is 12.5. The number of ether oxygens (including phenoxy) is 1. The number of carbonyl (C=O) groups is 2. The van der Waals surface area contributed by atoms with E-state index >= 15 is 0 Å². The number of aromatic nitrogens is 1. The van der Waals surface area contributed by atoms with Crippen LogP contribution in [0.4, 0.5) is 13.2 Å². The summed E-state index contributed by atoms with van der Waals surface area (Å²) in [5.74, 6) is -1.30. The number of amides is 1. The Morgan fingerprint density at radius 1 is 1.29 bits per heavy atom. The number of hydrogen-bond acceptors (Lipinski definition) is 7. The molecule has 2 aliphatic heterocycles. The summed E-state index contributed by atoms with van der Waals surface area (Å²) in [4.78, 5) is 25.6. The predicted octanol–water partition coefficient (Wildman–Crippen LogP) is 2.18. The van der Waals surface area contributed by atoms with Crippen molar-refractivity contribution in [3.05, 3.63) is 41.7 Å². The number of carboxylic acid groups (broad SMARTS) is 1. The Balaban J connectivity index is 0.000000339. The van der Waals surface area contributed by atoms with Crippen molar-refractivity contribution in [3.63, 3.8) is 0 Å². The maximum atomic E-state index is 12.5. The van der Waals surface area contributed by atoms with Gasteiger partial charge in [-0.15, -0.1) is 0 Å². The van der Waals surface area contributed by atoms with Crippen LogP contribution in [-0.4, -0.2) is 77.0 Å². The van der Waals surface area contributed by atoms with Gasteiger partial charge in [0.2, 0.25) is 5.76 Å². The zero-order valence-electron chi connectivity index (χ0n) is 16.7. The number of likely N-dealkylation sites (tertiary alicyclic amines) is 1. The Hall–Kier alpha value is -2.86. The van der Waals surface area contributed by atoms with E-state index in [-0.39, 0.29) is 12.0 Å². The molecule has 0 unspecified atom stereocenters. The minimum Gasteiger partial charge on any atom is -0.475 e. The van der Waals surface area contributed by atoms with Gasteiger partial charge in [0.1, 0.15) is 5.76 Å². The van der Waals surface area contributed by atoms with E-state index in [4.69, 9.17) is 23.6 Å². The molecule has 2 fully saturated rings. The summed E-state index contributed by atoms with van der Waals surface area (Å²) in [5, 5.41) is 10.9. The van der Waals surface area contributed by atoms with Gasteiger partial charge in [0.15, 0.2) is 0 Å². The fourth-order valence-electron chi connectivity index (χ4n) is 3.51. The van der Waals surface area contributed by atoms with E-state index in [9.17, 15) is 18.0 Å². The molecular formula is C19H22F3N3O6. The average molecular weight is 445 g/mol. The molecule has 170 valence electrons. The molecule has 0 radical (unpaired) electrons. The number of aliphatic carboxylic acids is 1. The Bertz CT molecular complexity index is 883. The lowest BCUT2D eigenvalue weighted by atomic mass is 10.1. The first kappa shape index (κ1) is 22.8. The molecule has 2 aliphatic rings. The van der Waals surface area contributed by atoms with E-state index in [1.165, 1.54) is 0 Å². The third-order valence-corrected chi connectivity index (χ3v) is 4.94. The van der Waals surface area contributed by atoms with E-state index in [1.807, 2.05) is 24.0 Å². The number of alkyl halides is 3. The molecule has 0 spiro atoms. The molecule has 0 bridgehead atoms. The van der Waals surface area contributed by atoms with Gasteiger partial charge in [0.05, 0.1) is 31.2 Å². The number of hydrogen-bond donors (Lipinski definition) is 1. The molecule has 2 aromatic rings. The van der Waals surface area contributed by atoms with E-state index in [1.54, 1.807) is 12.3 Å². The minimum atomic E-state index is -5.08.